The van der Waals surface area contributed by atoms with E-state index >= 15 is 0 Å². The number of halogens is 1. The van der Waals surface area contributed by atoms with Crippen molar-refractivity contribution in [1.29, 1.82) is 0 Å². The Morgan fingerprint density at radius 1 is 0.400 bits per heavy atom. The third-order valence-electron chi connectivity index (χ3n) is 8.98. The first-order chi connectivity index (χ1) is 19.6. The quantitative estimate of drug-likeness (QED) is 0.0759. The van der Waals surface area contributed by atoms with Gasteiger partial charge in [-0.05, 0) is 0 Å². The molecule has 0 fully saturated rings. The van der Waals surface area contributed by atoms with Crippen LogP contribution in [0.15, 0.2) is 60.7 Å². The fourth-order valence-electron chi connectivity index (χ4n) is 6.55. The van der Waals surface area contributed by atoms with E-state index in [0.717, 1.165) is 12.3 Å². The first-order valence-electron chi connectivity index (χ1n) is 17.4. The minimum atomic E-state index is -2.49. The molecule has 0 aromatic heterocycles. The number of benzene rings is 2. The van der Waals surface area contributed by atoms with Crippen LogP contribution in [-0.2, 0) is 12.3 Å². The van der Waals surface area contributed by atoms with Gasteiger partial charge < -0.3 is 0 Å². The molecule has 2 rings (SSSR count). The summed E-state index contributed by atoms with van der Waals surface area (Å²) in [6.45, 7) is 4.61. The molecule has 228 valence electrons. The third kappa shape index (κ3) is 16.0. The molecule has 2 heteroatoms. The SMILES string of the molecule is CCCCCCCCCCCCP(Cl)(CCCCCCCCCCCC)(Cc1ccccc1)Cc1ccccc1. The van der Waals surface area contributed by atoms with Crippen LogP contribution < -0.4 is 0 Å². The van der Waals surface area contributed by atoms with Crippen molar-refractivity contribution < 1.29 is 0 Å². The molecule has 0 spiro atoms. The van der Waals surface area contributed by atoms with Crippen molar-refractivity contribution in [2.45, 2.75) is 155 Å². The van der Waals surface area contributed by atoms with E-state index < -0.39 is 5.96 Å². The summed E-state index contributed by atoms with van der Waals surface area (Å²) < 4.78 is 0. The zero-order valence-corrected chi connectivity index (χ0v) is 28.2. The molecule has 0 heterocycles. The van der Waals surface area contributed by atoms with Gasteiger partial charge in [0, 0.05) is 0 Å². The molecule has 0 aliphatic rings. The Morgan fingerprint density at radius 3 is 0.975 bits per heavy atom. The van der Waals surface area contributed by atoms with Crippen molar-refractivity contribution in [3.05, 3.63) is 71.8 Å². The molecular weight excluding hydrogens is 523 g/mol. The predicted molar refractivity (Wildman–Crippen MR) is 186 cm³/mol. The molecule has 0 atom stereocenters. The molecule has 40 heavy (non-hydrogen) atoms. The van der Waals surface area contributed by atoms with E-state index in [1.54, 1.807) is 0 Å². The summed E-state index contributed by atoms with van der Waals surface area (Å²) in [5, 5.41) is 0. The van der Waals surface area contributed by atoms with Gasteiger partial charge in [0.05, 0.1) is 0 Å². The maximum atomic E-state index is 8.22. The van der Waals surface area contributed by atoms with Gasteiger partial charge in [-0.15, -0.1) is 0 Å². The number of hydrogen-bond donors (Lipinski definition) is 0. The molecular formula is C38H64ClP. The first-order valence-corrected chi connectivity index (χ1v) is 21.3. The van der Waals surface area contributed by atoms with Crippen LogP contribution in [0.2, 0.25) is 0 Å². The minimum absolute atomic E-state index is 1.09. The predicted octanol–water partition coefficient (Wildman–Crippen LogP) is 13.9. The van der Waals surface area contributed by atoms with Crippen LogP contribution in [0, 0.1) is 0 Å². The molecule has 0 radical (unpaired) electrons. The molecule has 0 aliphatic carbocycles. The van der Waals surface area contributed by atoms with E-state index in [0.29, 0.717) is 0 Å². The normalized spacial score (nSPS) is 12.8. The summed E-state index contributed by atoms with van der Waals surface area (Å²) in [6.07, 6.45) is 32.4. The van der Waals surface area contributed by atoms with Crippen LogP contribution in [0.5, 0.6) is 0 Å². The Labute approximate surface area is 255 Å². The fraction of sp³-hybridized carbons (Fsp3) is 0.684. The first kappa shape index (κ1) is 35.4. The van der Waals surface area contributed by atoms with Gasteiger partial charge in [-0.1, -0.05) is 0 Å². The van der Waals surface area contributed by atoms with Crippen molar-refractivity contribution in [3.63, 3.8) is 0 Å². The summed E-state index contributed by atoms with van der Waals surface area (Å²) >= 11 is 8.22. The van der Waals surface area contributed by atoms with Crippen LogP contribution in [0.4, 0.5) is 0 Å². The summed E-state index contributed by atoms with van der Waals surface area (Å²) in [5.74, 6) is -2.49. The average molecular weight is 587 g/mol. The Balaban J connectivity index is 1.96. The molecule has 0 unspecified atom stereocenters. The standard InChI is InChI=1S/C38H64ClP/c1-3-5-7-9-11-13-15-17-19-27-33-40(39,35-37-29-23-21-24-30-37,36-38-31-25-22-26-32-38)34-28-20-18-16-14-12-10-8-6-4-2/h21-26,29-32H,3-20,27-28,33-36H2,1-2H3. The van der Waals surface area contributed by atoms with E-state index in [1.165, 1.54) is 152 Å². The van der Waals surface area contributed by atoms with Gasteiger partial charge in [0.15, 0.2) is 0 Å². The van der Waals surface area contributed by atoms with Crippen LogP contribution in [-0.4, -0.2) is 12.3 Å². The number of rotatable bonds is 26. The molecule has 0 saturated carbocycles. The van der Waals surface area contributed by atoms with Crippen molar-refractivity contribution in [2.75, 3.05) is 12.3 Å². The molecule has 0 amide bonds. The molecule has 0 nitrogen and oxygen atoms in total. The number of unbranched alkanes of at least 4 members (excludes halogenated alkanes) is 18. The molecule has 0 N–H and O–H groups in total. The van der Waals surface area contributed by atoms with E-state index in [1.807, 2.05) is 0 Å². The van der Waals surface area contributed by atoms with Crippen molar-refractivity contribution in [2.24, 2.45) is 0 Å². The van der Waals surface area contributed by atoms with Crippen molar-refractivity contribution in [3.8, 4) is 0 Å². The monoisotopic (exact) mass is 586 g/mol. The Morgan fingerprint density at radius 2 is 0.675 bits per heavy atom. The van der Waals surface area contributed by atoms with Gasteiger partial charge >= 0.3 is 256 Å². The second kappa shape index (κ2) is 21.8. The molecule has 0 aliphatic heterocycles. The van der Waals surface area contributed by atoms with Crippen molar-refractivity contribution in [1.82, 2.24) is 0 Å². The van der Waals surface area contributed by atoms with Crippen LogP contribution in [0.1, 0.15) is 153 Å². The second-order valence-corrected chi connectivity index (χ2v) is 21.0. The fourth-order valence-corrected chi connectivity index (χ4v) is 13.3. The number of hydrogen-bond acceptors (Lipinski definition) is 0. The zero-order chi connectivity index (χ0) is 28.6. The summed E-state index contributed by atoms with van der Waals surface area (Å²) in [6, 6.07) is 22.4. The molecule has 2 aromatic rings. The Hall–Kier alpha value is -0.840. The van der Waals surface area contributed by atoms with E-state index in [-0.39, 0.29) is 0 Å². The van der Waals surface area contributed by atoms with Gasteiger partial charge in [-0.25, -0.2) is 0 Å². The van der Waals surface area contributed by atoms with E-state index in [9.17, 15) is 0 Å². The third-order valence-corrected chi connectivity index (χ3v) is 15.9. The average Bonchev–Trinajstić information content (AvgIpc) is 2.96. The van der Waals surface area contributed by atoms with Crippen LogP contribution >= 0.6 is 17.2 Å². The summed E-state index contributed by atoms with van der Waals surface area (Å²) in [7, 11) is 0. The van der Waals surface area contributed by atoms with Gasteiger partial charge in [-0.2, -0.15) is 0 Å². The van der Waals surface area contributed by atoms with Gasteiger partial charge in [-0.3, -0.25) is 0 Å². The molecule has 0 saturated heterocycles. The molecule has 2 aromatic carbocycles. The van der Waals surface area contributed by atoms with Gasteiger partial charge in [0.2, 0.25) is 0 Å². The van der Waals surface area contributed by atoms with E-state index in [4.69, 9.17) is 11.2 Å². The topological polar surface area (TPSA) is 0 Å². The maximum absolute atomic E-state index is 8.22. The molecule has 0 bridgehead atoms. The van der Waals surface area contributed by atoms with Crippen LogP contribution in [0.25, 0.3) is 0 Å². The Bertz CT molecular complexity index is 764. The summed E-state index contributed by atoms with van der Waals surface area (Å²) in [5.41, 5.74) is 2.90. The van der Waals surface area contributed by atoms with E-state index in [2.05, 4.69) is 74.5 Å². The van der Waals surface area contributed by atoms with Crippen LogP contribution in [0.3, 0.4) is 0 Å². The van der Waals surface area contributed by atoms with Crippen molar-refractivity contribution >= 4 is 17.2 Å². The Kier molecular flexibility index (Phi) is 19.3. The summed E-state index contributed by atoms with van der Waals surface area (Å²) in [4.78, 5) is 0. The van der Waals surface area contributed by atoms with Gasteiger partial charge in [0.1, 0.15) is 0 Å². The second-order valence-electron chi connectivity index (χ2n) is 12.9. The van der Waals surface area contributed by atoms with Gasteiger partial charge in [0.25, 0.3) is 0 Å². The zero-order valence-electron chi connectivity index (χ0n) is 26.6.